The molecule has 0 bridgehead atoms. The number of aliphatic imine (C=N–C) groups is 1. The number of carbonyl (C=O) groups excluding carboxylic acids is 1. The Morgan fingerprint density at radius 3 is 2.39 bits per heavy atom. The van der Waals surface area contributed by atoms with Crippen LogP contribution >= 0.6 is 24.0 Å². The fraction of sp³-hybridized carbons (Fsp3) is 0.417. The minimum Gasteiger partial charge on any atom is -0.490 e. The molecule has 1 amide bonds. The third-order valence-electron chi connectivity index (χ3n) is 4.36. The van der Waals surface area contributed by atoms with E-state index in [-0.39, 0.29) is 30.6 Å². The predicted molar refractivity (Wildman–Crippen MR) is 142 cm³/mol. The summed E-state index contributed by atoms with van der Waals surface area (Å²) in [6.45, 7) is 8.93. The van der Waals surface area contributed by atoms with Crippen molar-refractivity contribution >= 4 is 35.8 Å². The second kappa shape index (κ2) is 16.0. The van der Waals surface area contributed by atoms with E-state index in [1.165, 1.54) is 0 Å². The highest BCUT2D eigenvalue weighted by Gasteiger charge is 2.07. The number of hydrogen-bond acceptors (Lipinski definition) is 5. The van der Waals surface area contributed by atoms with Crippen LogP contribution in [0, 0.1) is 0 Å². The van der Waals surface area contributed by atoms with Crippen molar-refractivity contribution in [3.63, 3.8) is 0 Å². The zero-order valence-electron chi connectivity index (χ0n) is 19.6. The Hall–Kier alpha value is -2.69. The van der Waals surface area contributed by atoms with Crippen molar-refractivity contribution in [1.82, 2.24) is 10.6 Å². The fourth-order valence-electron chi connectivity index (χ4n) is 2.98. The topological polar surface area (TPSA) is 107 Å². The summed E-state index contributed by atoms with van der Waals surface area (Å²) < 4.78 is 16.7. The van der Waals surface area contributed by atoms with Crippen LogP contribution in [0.2, 0.25) is 0 Å². The first-order valence-electron chi connectivity index (χ1n) is 11.0. The van der Waals surface area contributed by atoms with Gasteiger partial charge in [-0.05, 0) is 62.6 Å². The molecule has 9 heteroatoms. The quantitative estimate of drug-likeness (QED) is 0.194. The van der Waals surface area contributed by atoms with Crippen LogP contribution in [0.3, 0.4) is 0 Å². The molecule has 33 heavy (non-hydrogen) atoms. The first kappa shape index (κ1) is 28.3. The molecule has 0 saturated carbocycles. The van der Waals surface area contributed by atoms with Crippen molar-refractivity contribution < 1.29 is 19.0 Å². The van der Waals surface area contributed by atoms with Gasteiger partial charge in [0.2, 0.25) is 0 Å². The summed E-state index contributed by atoms with van der Waals surface area (Å²) in [5, 5.41) is 6.61. The molecule has 0 heterocycles. The van der Waals surface area contributed by atoms with Gasteiger partial charge in [0.15, 0.2) is 24.1 Å². The highest BCUT2D eigenvalue weighted by atomic mass is 127. The minimum absolute atomic E-state index is 0. The molecule has 0 atom stereocenters. The van der Waals surface area contributed by atoms with E-state index >= 15 is 0 Å². The van der Waals surface area contributed by atoms with E-state index in [4.69, 9.17) is 19.9 Å². The zero-order chi connectivity index (χ0) is 23.2. The molecule has 0 unspecified atom stereocenters. The van der Waals surface area contributed by atoms with Gasteiger partial charge in [-0.3, -0.25) is 4.79 Å². The summed E-state index contributed by atoms with van der Waals surface area (Å²) in [7, 11) is 0. The van der Waals surface area contributed by atoms with Crippen LogP contribution in [0.1, 0.15) is 31.9 Å². The molecule has 182 valence electrons. The van der Waals surface area contributed by atoms with Crippen LogP contribution in [0.25, 0.3) is 0 Å². The third kappa shape index (κ3) is 10.6. The van der Waals surface area contributed by atoms with Gasteiger partial charge in [0.05, 0.1) is 19.8 Å². The second-order valence-electron chi connectivity index (χ2n) is 6.92. The smallest absolute Gasteiger partial charge is 0.255 e. The molecular formula is C24H35IN4O4. The number of primary amides is 1. The molecule has 4 N–H and O–H groups in total. The first-order valence-corrected chi connectivity index (χ1v) is 11.0. The molecule has 0 radical (unpaired) electrons. The molecule has 0 aliphatic rings. The number of ether oxygens (including phenoxy) is 3. The van der Waals surface area contributed by atoms with Gasteiger partial charge < -0.3 is 30.6 Å². The molecule has 2 aromatic rings. The van der Waals surface area contributed by atoms with Crippen LogP contribution in [-0.4, -0.2) is 44.8 Å². The van der Waals surface area contributed by atoms with Gasteiger partial charge in [0.1, 0.15) is 5.75 Å². The largest absolute Gasteiger partial charge is 0.490 e. The summed E-state index contributed by atoms with van der Waals surface area (Å²) in [6, 6.07) is 13.5. The highest BCUT2D eigenvalue weighted by Crippen LogP contribution is 2.28. The lowest BCUT2D eigenvalue weighted by Crippen LogP contribution is -2.38. The van der Waals surface area contributed by atoms with Crippen molar-refractivity contribution in [1.29, 1.82) is 0 Å². The van der Waals surface area contributed by atoms with Crippen LogP contribution in [0.15, 0.2) is 47.5 Å². The summed E-state index contributed by atoms with van der Waals surface area (Å²) in [4.78, 5) is 15.5. The van der Waals surface area contributed by atoms with Gasteiger partial charge in [0.25, 0.3) is 5.91 Å². The molecule has 8 nitrogen and oxygen atoms in total. The lowest BCUT2D eigenvalue weighted by atomic mass is 10.1. The average molecular weight is 570 g/mol. The molecule has 0 aliphatic heterocycles. The molecular weight excluding hydrogens is 535 g/mol. The number of nitrogens with two attached hydrogens (primary N) is 1. The van der Waals surface area contributed by atoms with Crippen molar-refractivity contribution in [3.8, 4) is 17.2 Å². The number of nitrogens with one attached hydrogen (secondary N) is 2. The number of hydrogen-bond donors (Lipinski definition) is 3. The zero-order valence-corrected chi connectivity index (χ0v) is 21.9. The molecule has 0 aliphatic carbocycles. The summed E-state index contributed by atoms with van der Waals surface area (Å²) in [5.41, 5.74) is 7.25. The Balaban J connectivity index is 0.00000544. The van der Waals surface area contributed by atoms with E-state index in [9.17, 15) is 4.79 Å². The van der Waals surface area contributed by atoms with Crippen molar-refractivity contribution in [2.24, 2.45) is 10.7 Å². The molecule has 0 aromatic heterocycles. The predicted octanol–water partition coefficient (Wildman–Crippen LogP) is 3.26. The van der Waals surface area contributed by atoms with Gasteiger partial charge in [-0.1, -0.05) is 18.2 Å². The summed E-state index contributed by atoms with van der Waals surface area (Å²) >= 11 is 0. The number of guanidine groups is 1. The van der Waals surface area contributed by atoms with Crippen LogP contribution in [0.5, 0.6) is 17.2 Å². The van der Waals surface area contributed by atoms with Crippen LogP contribution in [-0.2, 0) is 17.8 Å². The van der Waals surface area contributed by atoms with Crippen molar-refractivity contribution in [2.75, 3.05) is 32.9 Å². The third-order valence-corrected chi connectivity index (χ3v) is 4.36. The van der Waals surface area contributed by atoms with E-state index in [2.05, 4.69) is 21.7 Å². The number of nitrogens with zero attached hydrogens (tertiary/aromatic N) is 1. The van der Waals surface area contributed by atoms with Gasteiger partial charge in [-0.2, -0.15) is 0 Å². The van der Waals surface area contributed by atoms with Crippen LogP contribution < -0.4 is 30.6 Å². The van der Waals surface area contributed by atoms with E-state index in [0.717, 1.165) is 41.6 Å². The molecule has 0 spiro atoms. The number of amides is 1. The SMILES string of the molecule is CCNC(=NCc1cccc(OCC(N)=O)c1)NCCc1ccc(OCC)c(OCC)c1.I. The summed E-state index contributed by atoms with van der Waals surface area (Å²) in [5.74, 6) is 2.35. The first-order chi connectivity index (χ1) is 15.5. The van der Waals surface area contributed by atoms with E-state index in [1.54, 1.807) is 6.07 Å². The van der Waals surface area contributed by atoms with Gasteiger partial charge in [-0.15, -0.1) is 24.0 Å². The van der Waals surface area contributed by atoms with Crippen molar-refractivity contribution in [3.05, 3.63) is 53.6 Å². The lowest BCUT2D eigenvalue weighted by Gasteiger charge is -2.14. The number of benzene rings is 2. The Labute approximate surface area is 213 Å². The average Bonchev–Trinajstić information content (AvgIpc) is 2.78. The number of carbonyl (C=O) groups is 1. The number of rotatable bonds is 13. The normalized spacial score (nSPS) is 10.7. The highest BCUT2D eigenvalue weighted by molar-refractivity contribution is 14.0. The van der Waals surface area contributed by atoms with E-state index < -0.39 is 5.91 Å². The summed E-state index contributed by atoms with van der Waals surface area (Å²) in [6.07, 6.45) is 0.813. The van der Waals surface area contributed by atoms with E-state index in [0.29, 0.717) is 32.1 Å². The second-order valence-corrected chi connectivity index (χ2v) is 6.92. The molecule has 2 rings (SSSR count). The Morgan fingerprint density at radius 2 is 1.70 bits per heavy atom. The Kier molecular flexibility index (Phi) is 13.7. The Bertz CT molecular complexity index is 893. The molecule has 0 saturated heterocycles. The molecule has 2 aromatic carbocycles. The van der Waals surface area contributed by atoms with Gasteiger partial charge in [-0.25, -0.2) is 4.99 Å². The lowest BCUT2D eigenvalue weighted by molar-refractivity contribution is -0.119. The number of halogens is 1. The van der Waals surface area contributed by atoms with Gasteiger partial charge >= 0.3 is 0 Å². The monoisotopic (exact) mass is 570 g/mol. The standard InChI is InChI=1S/C24H34N4O4.HI/c1-4-26-24(28-16-19-8-7-9-20(14-19)32-17-23(25)29)27-13-12-18-10-11-21(30-5-2)22(15-18)31-6-3;/h7-11,14-15H,4-6,12-13,16-17H2,1-3H3,(H2,25,29)(H2,26,27,28);1H. The van der Waals surface area contributed by atoms with Crippen LogP contribution in [0.4, 0.5) is 0 Å². The maximum atomic E-state index is 10.9. The Morgan fingerprint density at radius 1 is 0.939 bits per heavy atom. The van der Waals surface area contributed by atoms with E-state index in [1.807, 2.05) is 51.1 Å². The van der Waals surface area contributed by atoms with Crippen molar-refractivity contribution in [2.45, 2.75) is 33.7 Å². The maximum absolute atomic E-state index is 10.9. The molecule has 0 fully saturated rings. The fourth-order valence-corrected chi connectivity index (χ4v) is 2.98. The van der Waals surface area contributed by atoms with Gasteiger partial charge in [0, 0.05) is 13.1 Å². The minimum atomic E-state index is -0.507. The maximum Gasteiger partial charge on any atom is 0.255 e.